The van der Waals surface area contributed by atoms with Crippen molar-refractivity contribution in [1.82, 2.24) is 0 Å². The molecule has 0 amide bonds. The fourth-order valence-corrected chi connectivity index (χ4v) is 34.5. The van der Waals surface area contributed by atoms with Crippen molar-refractivity contribution in [1.29, 1.82) is 0 Å². The van der Waals surface area contributed by atoms with Crippen LogP contribution in [0.4, 0.5) is 0 Å². The van der Waals surface area contributed by atoms with Gasteiger partial charge in [0.05, 0.1) is 0 Å². The molecule has 0 aromatic heterocycles. The number of hydrogen-bond donors (Lipinski definition) is 0. The molecular formula is C24H70N4Si8Zr2. The molecule has 0 aliphatic heterocycles. The van der Waals surface area contributed by atoms with Crippen molar-refractivity contribution in [2.24, 2.45) is 0 Å². The second kappa shape index (κ2) is 20.4. The molecule has 0 saturated heterocycles. The molecule has 0 unspecified atom stereocenters. The normalized spacial score (nSPS) is 13.3. The molecule has 0 aliphatic carbocycles. The van der Waals surface area contributed by atoms with Crippen LogP contribution in [0, 0.1) is 13.1 Å². The molecule has 0 heterocycles. The summed E-state index contributed by atoms with van der Waals surface area (Å²) in [6.45, 7) is 58.0. The molecule has 4 nitrogen and oxygen atoms in total. The van der Waals surface area contributed by atoms with E-state index < -0.39 is 65.9 Å². The largest absolute Gasteiger partial charge is 4.00 e. The fraction of sp³-hybridized carbons (Fsp3) is 0.917. The maximum absolute atomic E-state index is 4.82. The van der Waals surface area contributed by atoms with E-state index >= 15 is 0 Å². The van der Waals surface area contributed by atoms with E-state index in [1.54, 1.807) is 0 Å². The van der Waals surface area contributed by atoms with Gasteiger partial charge in [-0.15, -0.1) is 26.2 Å². The molecule has 0 fully saturated rings. The first kappa shape index (κ1) is 53.9. The van der Waals surface area contributed by atoms with Gasteiger partial charge in [0.2, 0.25) is 0 Å². The van der Waals surface area contributed by atoms with E-state index in [4.69, 9.17) is 18.6 Å². The maximum Gasteiger partial charge on any atom is 4.00 e. The van der Waals surface area contributed by atoms with Crippen LogP contribution in [0.3, 0.4) is 0 Å². The summed E-state index contributed by atoms with van der Waals surface area (Å²) in [6, 6.07) is 0. The van der Waals surface area contributed by atoms with E-state index in [0.29, 0.717) is 0 Å². The summed E-state index contributed by atoms with van der Waals surface area (Å²) < 4.78 is 19.1. The zero-order chi connectivity index (χ0) is 30.8. The Labute approximate surface area is 291 Å². The van der Waals surface area contributed by atoms with Crippen molar-refractivity contribution in [2.45, 2.75) is 144 Å². The smallest absolute Gasteiger partial charge is 0.689 e. The SMILES string of the molecule is C[Si](C)(C)[N-][Si](C)(C)C.C[Si](C)(C)[N-][Si](C)(C)C.[CH2-][Si](C)(C)[N-][Si](C)(C)C.[CH2-][Si](C)(C)[N-][Si](C)(C)C.[Zr+2].[Zr+4]. The van der Waals surface area contributed by atoms with E-state index in [1.807, 2.05) is 0 Å². The molecule has 0 aromatic rings. The van der Waals surface area contributed by atoms with Crippen LogP contribution in [0.2, 0.25) is 144 Å². The average Bonchev–Trinajstić information content (AvgIpc) is 2.19. The zero-order valence-electron chi connectivity index (χ0n) is 30.2. The standard InChI is InChI=1S/2C6H18NSi2.2C6H17NSi2.2Zr/c4*1-8(2,3)7-9(4,5)6;;/h2*1-6H3;2*1H2,2-6H3;;/q2*-1;2*-2;+2;+4. The minimum absolute atomic E-state index is 0. The minimum atomic E-state index is -1.36. The summed E-state index contributed by atoms with van der Waals surface area (Å²) in [7, 11) is -9.47. The molecule has 0 spiro atoms. The summed E-state index contributed by atoms with van der Waals surface area (Å²) in [5, 5.41) is 0. The van der Waals surface area contributed by atoms with Gasteiger partial charge in [-0.3, -0.25) is 0 Å². The molecule has 226 valence electrons. The molecule has 0 bridgehead atoms. The van der Waals surface area contributed by atoms with Crippen LogP contribution in [0.25, 0.3) is 18.6 Å². The van der Waals surface area contributed by atoms with Gasteiger partial charge in [-0.25, -0.2) is 16.5 Å². The van der Waals surface area contributed by atoms with Crippen LogP contribution in [-0.4, -0.2) is 65.9 Å². The van der Waals surface area contributed by atoms with Crippen molar-refractivity contribution < 1.29 is 52.4 Å². The molecule has 0 N–H and O–H groups in total. The third kappa shape index (κ3) is 77.4. The molecule has 0 aliphatic rings. The number of nitrogens with zero attached hydrogens (tertiary/aromatic N) is 4. The van der Waals surface area contributed by atoms with Gasteiger partial charge < -0.3 is 31.7 Å². The first-order chi connectivity index (χ1) is 14.8. The number of rotatable bonds is 8. The monoisotopic (exact) mass is 818 g/mol. The Balaban J connectivity index is -0.0000000883. The number of hydrogen-bond acceptors (Lipinski definition) is 0. The summed E-state index contributed by atoms with van der Waals surface area (Å²) in [4.78, 5) is 0. The summed E-state index contributed by atoms with van der Waals surface area (Å²) in [5.74, 6) is 0. The third-order valence-electron chi connectivity index (χ3n) is 2.62. The zero-order valence-corrected chi connectivity index (χ0v) is 43.1. The van der Waals surface area contributed by atoms with Crippen molar-refractivity contribution in [3.05, 3.63) is 31.7 Å². The van der Waals surface area contributed by atoms with Crippen LogP contribution in [0.5, 0.6) is 0 Å². The first-order valence-electron chi connectivity index (χ1n) is 13.5. The second-order valence-corrected chi connectivity index (χ2v) is 54.0. The van der Waals surface area contributed by atoms with Crippen LogP contribution < -0.4 is 0 Å². The predicted octanol–water partition coefficient (Wildman–Crippen LogP) is 11.6. The Morgan fingerprint density at radius 3 is 0.395 bits per heavy atom. The van der Waals surface area contributed by atoms with E-state index in [-0.39, 0.29) is 52.4 Å². The van der Waals surface area contributed by atoms with Gasteiger partial charge in [0.25, 0.3) is 0 Å². The molecule has 0 saturated carbocycles. The van der Waals surface area contributed by atoms with Crippen LogP contribution in [0.15, 0.2) is 0 Å². The molecule has 0 radical (unpaired) electrons. The molecule has 0 aromatic carbocycles. The van der Waals surface area contributed by atoms with E-state index in [1.165, 1.54) is 0 Å². The van der Waals surface area contributed by atoms with Crippen molar-refractivity contribution >= 4 is 65.9 Å². The van der Waals surface area contributed by atoms with Gasteiger partial charge in [0.1, 0.15) is 0 Å². The third-order valence-corrected chi connectivity index (χ3v) is 23.6. The maximum atomic E-state index is 4.82. The van der Waals surface area contributed by atoms with Gasteiger partial charge in [-0.05, 0) is 0 Å². The Kier molecular flexibility index (Phi) is 28.9. The van der Waals surface area contributed by atoms with E-state index in [9.17, 15) is 0 Å². The Morgan fingerprint density at radius 2 is 0.395 bits per heavy atom. The predicted molar refractivity (Wildman–Crippen MR) is 199 cm³/mol. The minimum Gasteiger partial charge on any atom is -0.689 e. The molecular weight excluding hydrogens is 751 g/mol. The molecule has 0 rings (SSSR count). The quantitative estimate of drug-likeness (QED) is 0.173. The summed E-state index contributed by atoms with van der Waals surface area (Å²) in [6.07, 6.45) is 0. The molecule has 0 atom stereocenters. The van der Waals surface area contributed by atoms with E-state index in [2.05, 4.69) is 157 Å². The van der Waals surface area contributed by atoms with Crippen LogP contribution in [-0.2, 0) is 52.4 Å². The first-order valence-corrected chi connectivity index (χ1v) is 40.5. The van der Waals surface area contributed by atoms with Gasteiger partial charge >= 0.3 is 52.4 Å². The topological polar surface area (TPSA) is 56.4 Å². The fourth-order valence-electron chi connectivity index (χ4n) is 3.83. The van der Waals surface area contributed by atoms with E-state index in [0.717, 1.165) is 0 Å². The van der Waals surface area contributed by atoms with Crippen molar-refractivity contribution in [3.8, 4) is 0 Å². The van der Waals surface area contributed by atoms with Gasteiger partial charge in [-0.2, -0.15) is 0 Å². The van der Waals surface area contributed by atoms with Gasteiger partial charge in [-0.1, -0.05) is 167 Å². The van der Waals surface area contributed by atoms with Gasteiger partial charge in [0, 0.05) is 0 Å². The average molecular weight is 822 g/mol. The summed E-state index contributed by atoms with van der Waals surface area (Å²) >= 11 is 0. The second-order valence-electron chi connectivity index (χ2n) is 17.1. The Hall–Kier alpha value is 3.34. The van der Waals surface area contributed by atoms with Crippen molar-refractivity contribution in [3.63, 3.8) is 0 Å². The van der Waals surface area contributed by atoms with Gasteiger partial charge in [0.15, 0.2) is 0 Å². The van der Waals surface area contributed by atoms with Crippen molar-refractivity contribution in [2.75, 3.05) is 0 Å². The van der Waals surface area contributed by atoms with Crippen LogP contribution >= 0.6 is 0 Å². The summed E-state index contributed by atoms with van der Waals surface area (Å²) in [5.41, 5.74) is 0. The molecule has 14 heteroatoms. The Morgan fingerprint density at radius 1 is 0.289 bits per heavy atom. The molecule has 38 heavy (non-hydrogen) atoms. The van der Waals surface area contributed by atoms with Crippen LogP contribution in [0.1, 0.15) is 0 Å². The Bertz CT molecular complexity index is 420.